The molecule has 144 valence electrons. The van der Waals surface area contributed by atoms with Crippen molar-refractivity contribution in [3.05, 3.63) is 64.7 Å². The Balaban J connectivity index is 1.88. The van der Waals surface area contributed by atoms with Crippen LogP contribution in [0.3, 0.4) is 0 Å². The van der Waals surface area contributed by atoms with Crippen molar-refractivity contribution in [3.63, 3.8) is 0 Å². The molecule has 0 spiro atoms. The SMILES string of the molecule is CCOc1cc(C(=O)Nc2ccc(-n3cncn3)cc2)c([N+](=O)[O-])cc1OC. The molecule has 0 saturated carbocycles. The molecule has 3 rings (SSSR count). The number of carbonyl (C=O) groups excluding carboxylic acids is 1. The lowest BCUT2D eigenvalue weighted by molar-refractivity contribution is -0.385. The van der Waals surface area contributed by atoms with Crippen LogP contribution >= 0.6 is 0 Å². The van der Waals surface area contributed by atoms with Crippen molar-refractivity contribution in [1.82, 2.24) is 14.8 Å². The minimum atomic E-state index is -0.638. The maximum Gasteiger partial charge on any atom is 0.286 e. The number of nitrogens with zero attached hydrogens (tertiary/aromatic N) is 4. The molecular formula is C18H17N5O5. The monoisotopic (exact) mass is 383 g/mol. The van der Waals surface area contributed by atoms with Crippen LogP contribution in [0, 0.1) is 10.1 Å². The summed E-state index contributed by atoms with van der Waals surface area (Å²) in [5.74, 6) is -0.201. The van der Waals surface area contributed by atoms with E-state index in [0.29, 0.717) is 12.3 Å². The molecule has 10 heteroatoms. The third-order valence-corrected chi connectivity index (χ3v) is 3.83. The highest BCUT2D eigenvalue weighted by molar-refractivity contribution is 6.07. The molecule has 0 fully saturated rings. The Morgan fingerprint density at radius 2 is 2.00 bits per heavy atom. The first kappa shape index (κ1) is 18.8. The molecule has 2 aromatic carbocycles. The van der Waals surface area contributed by atoms with Crippen LogP contribution in [0.5, 0.6) is 11.5 Å². The number of ether oxygens (including phenoxy) is 2. The Morgan fingerprint density at radius 3 is 2.57 bits per heavy atom. The van der Waals surface area contributed by atoms with Crippen LogP contribution in [0.4, 0.5) is 11.4 Å². The van der Waals surface area contributed by atoms with Gasteiger partial charge in [0.05, 0.1) is 30.4 Å². The van der Waals surface area contributed by atoms with Gasteiger partial charge in [-0.2, -0.15) is 5.10 Å². The zero-order chi connectivity index (χ0) is 20.1. The Kier molecular flexibility index (Phi) is 5.49. The predicted molar refractivity (Wildman–Crippen MR) is 100 cm³/mol. The van der Waals surface area contributed by atoms with Gasteiger partial charge in [0, 0.05) is 11.8 Å². The fraction of sp³-hybridized carbons (Fsp3) is 0.167. The standard InChI is InChI=1S/C18H17N5O5/c1-3-28-17-8-14(15(23(25)26)9-16(17)27-2)18(24)21-12-4-6-13(7-5-12)22-11-19-10-20-22/h4-11H,3H2,1-2H3,(H,21,24). The maximum atomic E-state index is 12.7. The van der Waals surface area contributed by atoms with Gasteiger partial charge in [-0.25, -0.2) is 9.67 Å². The van der Waals surface area contributed by atoms with Crippen molar-refractivity contribution < 1.29 is 19.2 Å². The van der Waals surface area contributed by atoms with E-state index in [1.807, 2.05) is 0 Å². The van der Waals surface area contributed by atoms with E-state index in [1.54, 1.807) is 42.2 Å². The van der Waals surface area contributed by atoms with Crippen LogP contribution in [0.15, 0.2) is 49.1 Å². The van der Waals surface area contributed by atoms with E-state index in [1.165, 1.54) is 25.6 Å². The molecule has 0 atom stereocenters. The molecule has 0 unspecified atom stereocenters. The average Bonchev–Trinajstić information content (AvgIpc) is 3.23. The highest BCUT2D eigenvalue weighted by atomic mass is 16.6. The van der Waals surface area contributed by atoms with Crippen LogP contribution in [0.25, 0.3) is 5.69 Å². The lowest BCUT2D eigenvalue weighted by Crippen LogP contribution is -2.14. The lowest BCUT2D eigenvalue weighted by Gasteiger charge is -2.12. The van der Waals surface area contributed by atoms with E-state index in [9.17, 15) is 14.9 Å². The van der Waals surface area contributed by atoms with Crippen LogP contribution in [-0.2, 0) is 0 Å². The van der Waals surface area contributed by atoms with Crippen molar-refractivity contribution in [2.75, 3.05) is 19.0 Å². The van der Waals surface area contributed by atoms with Crippen LogP contribution in [0.2, 0.25) is 0 Å². The van der Waals surface area contributed by atoms with Crippen molar-refractivity contribution in [3.8, 4) is 17.2 Å². The number of methoxy groups -OCH3 is 1. The number of benzene rings is 2. The van der Waals surface area contributed by atoms with Crippen LogP contribution in [0.1, 0.15) is 17.3 Å². The molecule has 0 radical (unpaired) electrons. The zero-order valence-corrected chi connectivity index (χ0v) is 15.2. The molecule has 10 nitrogen and oxygen atoms in total. The second kappa shape index (κ2) is 8.16. The van der Waals surface area contributed by atoms with E-state index in [2.05, 4.69) is 15.4 Å². The quantitative estimate of drug-likeness (QED) is 0.492. The van der Waals surface area contributed by atoms with Crippen molar-refractivity contribution >= 4 is 17.3 Å². The number of nitro benzene ring substituents is 1. The number of hydrogen-bond acceptors (Lipinski definition) is 7. The largest absolute Gasteiger partial charge is 0.493 e. The summed E-state index contributed by atoms with van der Waals surface area (Å²) in [5.41, 5.74) is 0.716. The first-order chi connectivity index (χ1) is 13.5. The number of rotatable bonds is 7. The van der Waals surface area contributed by atoms with Gasteiger partial charge in [0.25, 0.3) is 11.6 Å². The first-order valence-corrected chi connectivity index (χ1v) is 8.29. The van der Waals surface area contributed by atoms with Crippen LogP contribution < -0.4 is 14.8 Å². The Bertz CT molecular complexity index is 986. The summed E-state index contributed by atoms with van der Waals surface area (Å²) in [6.07, 6.45) is 2.96. The summed E-state index contributed by atoms with van der Waals surface area (Å²) in [6, 6.07) is 9.27. The summed E-state index contributed by atoms with van der Waals surface area (Å²) in [5, 5.41) is 18.1. The van der Waals surface area contributed by atoms with Gasteiger partial charge in [0.15, 0.2) is 11.5 Å². The summed E-state index contributed by atoms with van der Waals surface area (Å²) in [7, 11) is 1.37. The highest BCUT2D eigenvalue weighted by Crippen LogP contribution is 2.35. The van der Waals surface area contributed by atoms with Crippen molar-refractivity contribution in [1.29, 1.82) is 0 Å². The number of amides is 1. The van der Waals surface area contributed by atoms with E-state index in [4.69, 9.17) is 9.47 Å². The minimum absolute atomic E-state index is 0.130. The van der Waals surface area contributed by atoms with E-state index >= 15 is 0 Å². The van der Waals surface area contributed by atoms with Crippen molar-refractivity contribution in [2.24, 2.45) is 0 Å². The van der Waals surface area contributed by atoms with Gasteiger partial charge >= 0.3 is 0 Å². The topological polar surface area (TPSA) is 121 Å². The van der Waals surface area contributed by atoms with Crippen LogP contribution in [-0.4, -0.2) is 39.3 Å². The van der Waals surface area contributed by atoms with E-state index in [0.717, 1.165) is 5.69 Å². The first-order valence-electron chi connectivity index (χ1n) is 8.29. The van der Waals surface area contributed by atoms with Gasteiger partial charge in [-0.15, -0.1) is 0 Å². The number of nitro groups is 1. The van der Waals surface area contributed by atoms with E-state index in [-0.39, 0.29) is 22.7 Å². The predicted octanol–water partition coefficient (Wildman–Crippen LogP) is 2.84. The molecule has 28 heavy (non-hydrogen) atoms. The molecule has 0 bridgehead atoms. The summed E-state index contributed by atoms with van der Waals surface area (Å²) < 4.78 is 12.1. The molecular weight excluding hydrogens is 366 g/mol. The highest BCUT2D eigenvalue weighted by Gasteiger charge is 2.24. The molecule has 0 aliphatic rings. The Hall–Kier alpha value is -3.95. The molecule has 0 aliphatic heterocycles. The Labute approximate surface area is 159 Å². The second-order valence-corrected chi connectivity index (χ2v) is 5.55. The lowest BCUT2D eigenvalue weighted by atomic mass is 10.1. The third kappa shape index (κ3) is 3.90. The number of nitrogens with one attached hydrogen (secondary N) is 1. The minimum Gasteiger partial charge on any atom is -0.493 e. The summed E-state index contributed by atoms with van der Waals surface area (Å²) >= 11 is 0. The molecule has 0 aliphatic carbocycles. The van der Waals surface area contributed by atoms with E-state index < -0.39 is 10.8 Å². The molecule has 1 N–H and O–H groups in total. The normalized spacial score (nSPS) is 10.4. The average molecular weight is 383 g/mol. The number of carbonyl (C=O) groups is 1. The number of aromatic nitrogens is 3. The molecule has 0 saturated heterocycles. The van der Waals surface area contributed by atoms with Crippen molar-refractivity contribution in [2.45, 2.75) is 6.92 Å². The Morgan fingerprint density at radius 1 is 1.25 bits per heavy atom. The maximum absolute atomic E-state index is 12.7. The molecule has 3 aromatic rings. The molecule has 1 amide bonds. The zero-order valence-electron chi connectivity index (χ0n) is 15.2. The fourth-order valence-electron chi connectivity index (χ4n) is 2.55. The van der Waals surface area contributed by atoms with Gasteiger partial charge in [0.2, 0.25) is 0 Å². The van der Waals surface area contributed by atoms with Gasteiger partial charge in [0.1, 0.15) is 18.2 Å². The summed E-state index contributed by atoms with van der Waals surface area (Å²) in [4.78, 5) is 27.3. The molecule has 1 aromatic heterocycles. The van der Waals surface area contributed by atoms with Gasteiger partial charge < -0.3 is 14.8 Å². The molecule has 1 heterocycles. The third-order valence-electron chi connectivity index (χ3n) is 3.83. The van der Waals surface area contributed by atoms with Gasteiger partial charge in [-0.3, -0.25) is 14.9 Å². The second-order valence-electron chi connectivity index (χ2n) is 5.55. The van der Waals surface area contributed by atoms with Gasteiger partial charge in [-0.1, -0.05) is 0 Å². The number of anilines is 1. The number of hydrogen-bond donors (Lipinski definition) is 1. The van der Waals surface area contributed by atoms with Gasteiger partial charge in [-0.05, 0) is 31.2 Å². The smallest absolute Gasteiger partial charge is 0.286 e. The fourth-order valence-corrected chi connectivity index (χ4v) is 2.55. The summed E-state index contributed by atoms with van der Waals surface area (Å²) in [6.45, 7) is 2.08.